The molecule has 0 spiro atoms. The average molecular weight is 470 g/mol. The van der Waals surface area contributed by atoms with Crippen molar-refractivity contribution in [2.24, 2.45) is 29.1 Å². The Morgan fingerprint density at radius 1 is 1.06 bits per heavy atom. The summed E-state index contributed by atoms with van der Waals surface area (Å²) in [7, 11) is -3.61. The zero-order chi connectivity index (χ0) is 23.4. The average Bonchev–Trinajstić information content (AvgIpc) is 3.06. The van der Waals surface area contributed by atoms with E-state index in [0.29, 0.717) is 23.8 Å². The molecule has 4 aliphatic carbocycles. The number of ketones is 1. The number of aryl methyl sites for hydroxylation is 2. The van der Waals surface area contributed by atoms with Crippen LogP contribution in [-0.2, 0) is 20.4 Å². The van der Waals surface area contributed by atoms with E-state index in [1.165, 1.54) is 38.5 Å². The number of benzene rings is 1. The highest BCUT2D eigenvalue weighted by atomic mass is 32.2. The number of carbonyl (C=O) groups is 1. The van der Waals surface area contributed by atoms with Gasteiger partial charge in [-0.2, -0.15) is 0 Å². The molecule has 4 saturated carbocycles. The molecule has 1 aromatic carbocycles. The van der Waals surface area contributed by atoms with Crippen LogP contribution in [0.5, 0.6) is 0 Å². The molecule has 4 aliphatic rings. The second-order valence-electron chi connectivity index (χ2n) is 11.3. The fourth-order valence-electron chi connectivity index (χ4n) is 7.28. The minimum absolute atomic E-state index is 0.154. The Bertz CT molecular complexity index is 1110. The lowest BCUT2D eigenvalue weighted by molar-refractivity contribution is -0.123. The molecule has 33 heavy (non-hydrogen) atoms. The second kappa shape index (κ2) is 8.37. The quantitative estimate of drug-likeness (QED) is 0.497. The first-order chi connectivity index (χ1) is 15.6. The van der Waals surface area contributed by atoms with Crippen molar-refractivity contribution in [2.45, 2.75) is 71.5 Å². The van der Waals surface area contributed by atoms with Gasteiger partial charge in [-0.1, -0.05) is 24.6 Å². The van der Waals surface area contributed by atoms with Crippen molar-refractivity contribution in [1.29, 1.82) is 0 Å². The SMILES string of the molecule is Cc1ccc(-c2nc(CS(=O)(=O)CC(=O)CC(C)C34CC5CC(CC(C5)C3)C4)c(C)o2)cc1. The summed E-state index contributed by atoms with van der Waals surface area (Å²) in [5.41, 5.74) is 2.60. The van der Waals surface area contributed by atoms with Crippen molar-refractivity contribution < 1.29 is 17.6 Å². The maximum atomic E-state index is 12.9. The van der Waals surface area contributed by atoms with E-state index in [0.717, 1.165) is 28.9 Å². The Morgan fingerprint density at radius 2 is 1.64 bits per heavy atom. The van der Waals surface area contributed by atoms with Gasteiger partial charge in [0.1, 0.15) is 17.3 Å². The number of sulfone groups is 1. The third-order valence-electron chi connectivity index (χ3n) is 8.59. The summed E-state index contributed by atoms with van der Waals surface area (Å²) in [6, 6.07) is 7.76. The fourth-order valence-corrected chi connectivity index (χ4v) is 8.68. The smallest absolute Gasteiger partial charge is 0.226 e. The molecular formula is C27H35NO4S. The highest BCUT2D eigenvalue weighted by Gasteiger charge is 2.53. The van der Waals surface area contributed by atoms with Gasteiger partial charge in [-0.25, -0.2) is 13.4 Å². The molecule has 0 aliphatic heterocycles. The summed E-state index contributed by atoms with van der Waals surface area (Å²) < 4.78 is 31.5. The van der Waals surface area contributed by atoms with Crippen LogP contribution >= 0.6 is 0 Å². The van der Waals surface area contributed by atoms with Gasteiger partial charge >= 0.3 is 0 Å². The molecule has 1 aromatic heterocycles. The standard InChI is InChI=1S/C27H35NO4S/c1-17-4-6-23(7-5-17)26-28-25(19(3)32-26)16-33(30,31)15-24(29)8-18(2)27-12-20-9-21(13-27)11-22(10-20)14-27/h4-7,18,20-22H,8-16H2,1-3H3. The third kappa shape index (κ3) is 4.68. The van der Waals surface area contributed by atoms with Crippen molar-refractivity contribution in [3.05, 3.63) is 41.3 Å². The first kappa shape index (κ1) is 22.8. The molecule has 1 heterocycles. The van der Waals surface area contributed by atoms with Crippen molar-refractivity contribution in [3.63, 3.8) is 0 Å². The number of hydrogen-bond acceptors (Lipinski definition) is 5. The first-order valence-electron chi connectivity index (χ1n) is 12.4. The lowest BCUT2D eigenvalue weighted by Gasteiger charge is -2.59. The molecule has 6 rings (SSSR count). The van der Waals surface area contributed by atoms with E-state index < -0.39 is 15.6 Å². The number of carbonyl (C=O) groups excluding carboxylic acids is 1. The molecule has 5 nitrogen and oxygen atoms in total. The van der Waals surface area contributed by atoms with Gasteiger partial charge in [-0.15, -0.1) is 0 Å². The predicted molar refractivity (Wildman–Crippen MR) is 128 cm³/mol. The van der Waals surface area contributed by atoms with Crippen LogP contribution in [0.3, 0.4) is 0 Å². The van der Waals surface area contributed by atoms with Crippen LogP contribution in [0.25, 0.3) is 11.5 Å². The van der Waals surface area contributed by atoms with Gasteiger partial charge in [-0.3, -0.25) is 4.79 Å². The number of Topliss-reactive ketones (excluding diaryl/α,β-unsaturated/α-hetero) is 1. The van der Waals surface area contributed by atoms with E-state index in [9.17, 15) is 13.2 Å². The first-order valence-corrected chi connectivity index (χ1v) is 14.2. The van der Waals surface area contributed by atoms with Gasteiger partial charge in [0.25, 0.3) is 0 Å². The number of rotatable bonds is 8. The normalized spacial score (nSPS) is 29.4. The second-order valence-corrected chi connectivity index (χ2v) is 13.4. The predicted octanol–water partition coefficient (Wildman–Crippen LogP) is 5.68. The molecule has 0 radical (unpaired) electrons. The third-order valence-corrected chi connectivity index (χ3v) is 10.1. The number of aromatic nitrogens is 1. The Labute approximate surface area is 197 Å². The molecule has 178 valence electrons. The zero-order valence-corrected chi connectivity index (χ0v) is 20.8. The van der Waals surface area contributed by atoms with Crippen LogP contribution in [0, 0.1) is 42.9 Å². The number of nitrogens with zero attached hydrogens (tertiary/aromatic N) is 1. The minimum atomic E-state index is -3.61. The van der Waals surface area contributed by atoms with Crippen LogP contribution in [0.2, 0.25) is 0 Å². The van der Waals surface area contributed by atoms with Crippen molar-refractivity contribution in [3.8, 4) is 11.5 Å². The lowest BCUT2D eigenvalue weighted by Crippen LogP contribution is -2.49. The van der Waals surface area contributed by atoms with Crippen molar-refractivity contribution in [1.82, 2.24) is 4.98 Å². The summed E-state index contributed by atoms with van der Waals surface area (Å²) in [6.07, 6.45) is 8.19. The minimum Gasteiger partial charge on any atom is -0.441 e. The molecule has 4 fully saturated rings. The van der Waals surface area contributed by atoms with Crippen LogP contribution in [-0.4, -0.2) is 24.9 Å². The monoisotopic (exact) mass is 469 g/mol. The molecule has 0 amide bonds. The Kier molecular flexibility index (Phi) is 5.79. The van der Waals surface area contributed by atoms with E-state index >= 15 is 0 Å². The Morgan fingerprint density at radius 3 is 2.21 bits per heavy atom. The topological polar surface area (TPSA) is 77.2 Å². The van der Waals surface area contributed by atoms with E-state index in [1.54, 1.807) is 6.92 Å². The van der Waals surface area contributed by atoms with E-state index in [2.05, 4.69) is 11.9 Å². The zero-order valence-electron chi connectivity index (χ0n) is 20.0. The van der Waals surface area contributed by atoms with Crippen molar-refractivity contribution >= 4 is 15.6 Å². The molecule has 0 N–H and O–H groups in total. The molecule has 0 saturated heterocycles. The molecule has 4 bridgehead atoms. The summed E-state index contributed by atoms with van der Waals surface area (Å²) >= 11 is 0. The van der Waals surface area contributed by atoms with Crippen LogP contribution < -0.4 is 0 Å². The van der Waals surface area contributed by atoms with Crippen molar-refractivity contribution in [2.75, 3.05) is 5.75 Å². The lowest BCUT2D eigenvalue weighted by atomic mass is 9.46. The summed E-state index contributed by atoms with van der Waals surface area (Å²) in [4.78, 5) is 17.3. The van der Waals surface area contributed by atoms with Crippen LogP contribution in [0.1, 0.15) is 68.9 Å². The largest absolute Gasteiger partial charge is 0.441 e. The molecular weight excluding hydrogens is 434 g/mol. The number of oxazole rings is 1. The van der Waals surface area contributed by atoms with Gasteiger partial charge in [0.05, 0.1) is 11.4 Å². The molecule has 1 unspecified atom stereocenters. The maximum absolute atomic E-state index is 12.9. The highest BCUT2D eigenvalue weighted by molar-refractivity contribution is 7.91. The van der Waals surface area contributed by atoms with E-state index in [1.807, 2.05) is 31.2 Å². The maximum Gasteiger partial charge on any atom is 0.226 e. The van der Waals surface area contributed by atoms with Gasteiger partial charge in [0.2, 0.25) is 5.89 Å². The van der Waals surface area contributed by atoms with Crippen LogP contribution in [0.4, 0.5) is 0 Å². The van der Waals surface area contributed by atoms with Crippen LogP contribution in [0.15, 0.2) is 28.7 Å². The summed E-state index contributed by atoms with van der Waals surface area (Å²) in [5.74, 6) is 2.83. The van der Waals surface area contributed by atoms with E-state index in [4.69, 9.17) is 4.42 Å². The molecule has 2 aromatic rings. The Hall–Kier alpha value is -1.95. The molecule has 6 heteroatoms. The molecule has 1 atom stereocenters. The number of hydrogen-bond donors (Lipinski definition) is 0. The van der Waals surface area contributed by atoms with Gasteiger partial charge < -0.3 is 4.42 Å². The Balaban J connectivity index is 1.22. The highest BCUT2D eigenvalue weighted by Crippen LogP contribution is 2.63. The van der Waals surface area contributed by atoms with Gasteiger partial charge in [0.15, 0.2) is 9.84 Å². The van der Waals surface area contributed by atoms with E-state index in [-0.39, 0.29) is 22.9 Å². The van der Waals surface area contributed by atoms with Gasteiger partial charge in [0, 0.05) is 12.0 Å². The summed E-state index contributed by atoms with van der Waals surface area (Å²) in [6.45, 7) is 5.92. The van der Waals surface area contributed by atoms with Gasteiger partial charge in [-0.05, 0) is 93.6 Å². The fraction of sp³-hybridized carbons (Fsp3) is 0.630. The summed E-state index contributed by atoms with van der Waals surface area (Å²) in [5, 5.41) is 0.